The molecule has 1 aromatic rings. The lowest BCUT2D eigenvalue weighted by atomic mass is 9.94. The van der Waals surface area contributed by atoms with E-state index in [1.165, 1.54) is 18.4 Å². The predicted molar refractivity (Wildman–Crippen MR) is 79.1 cm³/mol. The Bertz CT molecular complexity index is 615. The van der Waals surface area contributed by atoms with Crippen LogP contribution < -0.4 is 5.32 Å². The van der Waals surface area contributed by atoms with Gasteiger partial charge < -0.3 is 5.32 Å². The van der Waals surface area contributed by atoms with Crippen LogP contribution in [0.2, 0.25) is 0 Å². The van der Waals surface area contributed by atoms with Gasteiger partial charge in [0.05, 0.1) is 11.7 Å². The van der Waals surface area contributed by atoms with E-state index < -0.39 is 9.84 Å². The highest BCUT2D eigenvalue weighted by atomic mass is 32.2. The van der Waals surface area contributed by atoms with Crippen molar-refractivity contribution in [1.29, 1.82) is 0 Å². The molecule has 6 heteroatoms. The molecule has 0 aliphatic heterocycles. The average molecular weight is 313 g/mol. The molecular weight excluding hydrogens is 293 g/mol. The Kier molecular flexibility index (Phi) is 4.98. The number of carbonyl (C=O) groups excluding carboxylic acids is 1. The van der Waals surface area contributed by atoms with Crippen LogP contribution in [0.15, 0.2) is 24.3 Å². The van der Waals surface area contributed by atoms with E-state index in [-0.39, 0.29) is 29.4 Å². The molecule has 0 spiro atoms. The highest BCUT2D eigenvalue weighted by molar-refractivity contribution is 7.91. The van der Waals surface area contributed by atoms with Gasteiger partial charge in [-0.3, -0.25) is 4.79 Å². The molecule has 1 aliphatic rings. The molecule has 1 amide bonds. The zero-order chi connectivity index (χ0) is 15.5. The number of nitrogens with one attached hydrogen (secondary N) is 1. The summed E-state index contributed by atoms with van der Waals surface area (Å²) < 4.78 is 36.2. The van der Waals surface area contributed by atoms with Crippen LogP contribution in [0.3, 0.4) is 0 Å². The van der Waals surface area contributed by atoms with Crippen LogP contribution in [-0.2, 0) is 21.1 Å². The summed E-state index contributed by atoms with van der Waals surface area (Å²) in [6.45, 7) is 0. The van der Waals surface area contributed by atoms with Crippen molar-refractivity contribution in [2.45, 2.75) is 43.4 Å². The van der Waals surface area contributed by atoms with Crippen molar-refractivity contribution in [3.8, 4) is 0 Å². The molecule has 1 aliphatic carbocycles. The lowest BCUT2D eigenvalue weighted by molar-refractivity contribution is -0.121. The first-order valence-electron chi connectivity index (χ1n) is 7.07. The lowest BCUT2D eigenvalue weighted by Gasteiger charge is -2.28. The fourth-order valence-electron chi connectivity index (χ4n) is 2.78. The Morgan fingerprint density at radius 1 is 1.38 bits per heavy atom. The van der Waals surface area contributed by atoms with E-state index >= 15 is 0 Å². The molecule has 1 aromatic carbocycles. The van der Waals surface area contributed by atoms with Gasteiger partial charge in [-0.25, -0.2) is 12.8 Å². The van der Waals surface area contributed by atoms with Crippen molar-refractivity contribution in [2.75, 3.05) is 6.26 Å². The van der Waals surface area contributed by atoms with E-state index in [1.807, 2.05) is 0 Å². The summed E-state index contributed by atoms with van der Waals surface area (Å²) in [5.74, 6) is -0.560. The van der Waals surface area contributed by atoms with Gasteiger partial charge in [-0.15, -0.1) is 0 Å². The second-order valence-corrected chi connectivity index (χ2v) is 8.01. The second-order valence-electron chi connectivity index (χ2n) is 5.69. The van der Waals surface area contributed by atoms with E-state index in [2.05, 4.69) is 5.32 Å². The molecule has 2 atom stereocenters. The van der Waals surface area contributed by atoms with Crippen LogP contribution in [-0.4, -0.2) is 31.9 Å². The largest absolute Gasteiger partial charge is 0.353 e. The van der Waals surface area contributed by atoms with Gasteiger partial charge in [-0.2, -0.15) is 0 Å². The summed E-state index contributed by atoms with van der Waals surface area (Å²) in [5.41, 5.74) is 0.614. The van der Waals surface area contributed by atoms with Crippen molar-refractivity contribution in [3.05, 3.63) is 35.6 Å². The van der Waals surface area contributed by atoms with Gasteiger partial charge in [0.15, 0.2) is 0 Å². The van der Waals surface area contributed by atoms with Crippen molar-refractivity contribution < 1.29 is 17.6 Å². The Labute approximate surface area is 124 Å². The van der Waals surface area contributed by atoms with Gasteiger partial charge >= 0.3 is 0 Å². The van der Waals surface area contributed by atoms with Crippen molar-refractivity contribution in [3.63, 3.8) is 0 Å². The van der Waals surface area contributed by atoms with E-state index in [1.54, 1.807) is 12.1 Å². The maximum atomic E-state index is 13.1. The van der Waals surface area contributed by atoms with Gasteiger partial charge in [0.2, 0.25) is 5.91 Å². The van der Waals surface area contributed by atoms with Crippen molar-refractivity contribution in [1.82, 2.24) is 5.32 Å². The Hall–Kier alpha value is -1.43. The summed E-state index contributed by atoms with van der Waals surface area (Å²) in [6, 6.07) is 5.82. The first-order valence-corrected chi connectivity index (χ1v) is 9.03. The Morgan fingerprint density at radius 3 is 2.81 bits per heavy atom. The van der Waals surface area contributed by atoms with Crippen LogP contribution in [0, 0.1) is 5.82 Å². The molecular formula is C15H20FNO3S. The maximum Gasteiger partial charge on any atom is 0.224 e. The smallest absolute Gasteiger partial charge is 0.224 e. The third-order valence-electron chi connectivity index (χ3n) is 3.85. The molecule has 0 saturated heterocycles. The second kappa shape index (κ2) is 6.56. The SMILES string of the molecule is CS(=O)(=O)[C@H]1CCC[C@H](NC(=O)Cc2cccc(F)c2)C1. The third-order valence-corrected chi connectivity index (χ3v) is 5.49. The molecule has 116 valence electrons. The highest BCUT2D eigenvalue weighted by Crippen LogP contribution is 2.23. The lowest BCUT2D eigenvalue weighted by Crippen LogP contribution is -2.42. The number of amides is 1. The van der Waals surface area contributed by atoms with Crippen molar-refractivity contribution in [2.24, 2.45) is 0 Å². The van der Waals surface area contributed by atoms with Gasteiger partial charge in [0, 0.05) is 12.3 Å². The topological polar surface area (TPSA) is 63.2 Å². The minimum atomic E-state index is -3.06. The average Bonchev–Trinajstić information content (AvgIpc) is 2.37. The third kappa shape index (κ3) is 4.81. The number of hydrogen-bond acceptors (Lipinski definition) is 3. The molecule has 4 nitrogen and oxygen atoms in total. The summed E-state index contributed by atoms with van der Waals surface area (Å²) >= 11 is 0. The molecule has 0 radical (unpaired) electrons. The summed E-state index contributed by atoms with van der Waals surface area (Å²) in [6.07, 6.45) is 4.07. The van der Waals surface area contributed by atoms with Gasteiger partial charge in [0.25, 0.3) is 0 Å². The summed E-state index contributed by atoms with van der Waals surface area (Å²) in [5, 5.41) is 2.49. The van der Waals surface area contributed by atoms with Crippen LogP contribution >= 0.6 is 0 Å². The zero-order valence-corrected chi connectivity index (χ0v) is 12.8. The Morgan fingerprint density at radius 2 is 2.14 bits per heavy atom. The maximum absolute atomic E-state index is 13.1. The quantitative estimate of drug-likeness (QED) is 0.922. The normalized spacial score (nSPS) is 22.8. The number of benzene rings is 1. The molecule has 0 aromatic heterocycles. The molecule has 1 N–H and O–H groups in total. The highest BCUT2D eigenvalue weighted by Gasteiger charge is 2.29. The van der Waals surface area contributed by atoms with Gasteiger partial charge in [-0.05, 0) is 37.0 Å². The van der Waals surface area contributed by atoms with Gasteiger partial charge in [0.1, 0.15) is 15.7 Å². The number of rotatable bonds is 4. The molecule has 1 fully saturated rings. The molecule has 1 saturated carbocycles. The van der Waals surface area contributed by atoms with Crippen LogP contribution in [0.25, 0.3) is 0 Å². The van der Waals surface area contributed by atoms with Crippen LogP contribution in [0.1, 0.15) is 31.2 Å². The van der Waals surface area contributed by atoms with Crippen molar-refractivity contribution >= 4 is 15.7 Å². The molecule has 0 bridgehead atoms. The minimum Gasteiger partial charge on any atom is -0.353 e. The van der Waals surface area contributed by atoms with E-state index in [4.69, 9.17) is 0 Å². The molecule has 0 unspecified atom stereocenters. The van der Waals surface area contributed by atoms with Crippen LogP contribution in [0.4, 0.5) is 4.39 Å². The first kappa shape index (κ1) is 15.9. The van der Waals surface area contributed by atoms with Gasteiger partial charge in [-0.1, -0.05) is 18.6 Å². The number of carbonyl (C=O) groups is 1. The van der Waals surface area contributed by atoms with E-state index in [0.29, 0.717) is 18.4 Å². The first-order chi connectivity index (χ1) is 9.84. The monoisotopic (exact) mass is 313 g/mol. The number of hydrogen-bond donors (Lipinski definition) is 1. The minimum absolute atomic E-state index is 0.109. The standard InChI is InChI=1S/C15H20FNO3S/c1-21(19,20)14-7-3-6-13(10-14)17-15(18)9-11-4-2-5-12(16)8-11/h2,4-5,8,13-14H,3,6-7,9-10H2,1H3,(H,17,18)/t13-,14-/m0/s1. The Balaban J connectivity index is 1.90. The fourth-order valence-corrected chi connectivity index (χ4v) is 3.95. The predicted octanol–water partition coefficient (Wildman–Crippen LogP) is 1.84. The molecule has 2 rings (SSSR count). The molecule has 21 heavy (non-hydrogen) atoms. The number of sulfone groups is 1. The zero-order valence-electron chi connectivity index (χ0n) is 12.0. The van der Waals surface area contributed by atoms with Crippen LogP contribution in [0.5, 0.6) is 0 Å². The molecule has 0 heterocycles. The number of halogens is 1. The van der Waals surface area contributed by atoms with E-state index in [9.17, 15) is 17.6 Å². The summed E-state index contributed by atoms with van der Waals surface area (Å²) in [7, 11) is -3.06. The summed E-state index contributed by atoms with van der Waals surface area (Å²) in [4.78, 5) is 12.0. The van der Waals surface area contributed by atoms with E-state index in [0.717, 1.165) is 12.8 Å². The fraction of sp³-hybridized carbons (Fsp3) is 0.533.